The summed E-state index contributed by atoms with van der Waals surface area (Å²) in [5.74, 6) is 2.01. The lowest BCUT2D eigenvalue weighted by Crippen LogP contribution is -2.33. The molecule has 0 aliphatic rings. The zero-order valence-corrected chi connectivity index (χ0v) is 19.2. The molecular weight excluding hydrogens is 386 g/mol. The van der Waals surface area contributed by atoms with E-state index in [0.717, 1.165) is 54.8 Å². The number of aryl methyl sites for hydroxylation is 2. The van der Waals surface area contributed by atoms with Crippen molar-refractivity contribution >= 4 is 16.9 Å². The molecule has 31 heavy (non-hydrogen) atoms. The lowest BCUT2D eigenvalue weighted by atomic mass is 10.0. The molecule has 0 saturated heterocycles. The number of rotatable bonds is 11. The van der Waals surface area contributed by atoms with Crippen molar-refractivity contribution in [1.82, 2.24) is 14.9 Å². The fraction of sp³-hybridized carbons (Fsp3) is 0.462. The number of para-hydroxylation sites is 2. The Bertz CT molecular complexity index is 991. The second-order valence-corrected chi connectivity index (χ2v) is 8.23. The van der Waals surface area contributed by atoms with Crippen molar-refractivity contribution in [3.63, 3.8) is 0 Å². The Balaban J connectivity index is 1.65. The smallest absolute Gasteiger partial charge is 0.223 e. The summed E-state index contributed by atoms with van der Waals surface area (Å²) < 4.78 is 8.14. The van der Waals surface area contributed by atoms with Gasteiger partial charge in [0.25, 0.3) is 0 Å². The number of imidazole rings is 1. The molecule has 5 heteroatoms. The van der Waals surface area contributed by atoms with Gasteiger partial charge in [-0.05, 0) is 69.4 Å². The van der Waals surface area contributed by atoms with Crippen LogP contribution in [0, 0.1) is 12.8 Å². The number of nitrogens with zero attached hydrogens (tertiary/aromatic N) is 2. The molecule has 0 aliphatic carbocycles. The highest BCUT2D eigenvalue weighted by molar-refractivity contribution is 5.79. The predicted molar refractivity (Wildman–Crippen MR) is 126 cm³/mol. The second-order valence-electron chi connectivity index (χ2n) is 8.23. The van der Waals surface area contributed by atoms with Crippen LogP contribution in [0.3, 0.4) is 0 Å². The van der Waals surface area contributed by atoms with Crippen LogP contribution in [-0.4, -0.2) is 22.1 Å². The summed E-state index contributed by atoms with van der Waals surface area (Å²) in [5, 5.41) is 3.18. The van der Waals surface area contributed by atoms with Gasteiger partial charge in [-0.15, -0.1) is 0 Å². The first-order valence-electron chi connectivity index (χ1n) is 11.5. The molecule has 0 spiro atoms. The maximum atomic E-state index is 12.6. The first-order chi connectivity index (χ1) is 15.0. The van der Waals surface area contributed by atoms with E-state index in [1.165, 1.54) is 5.56 Å². The molecule has 2 aromatic carbocycles. The molecule has 0 fully saturated rings. The van der Waals surface area contributed by atoms with E-state index < -0.39 is 0 Å². The van der Waals surface area contributed by atoms with Gasteiger partial charge in [0.05, 0.1) is 23.7 Å². The van der Waals surface area contributed by atoms with E-state index in [2.05, 4.69) is 48.9 Å². The van der Waals surface area contributed by atoms with Gasteiger partial charge in [0.15, 0.2) is 0 Å². The number of unbranched alkanes of at least 4 members (excludes halogenated alkanes) is 1. The van der Waals surface area contributed by atoms with Gasteiger partial charge in [0, 0.05) is 12.5 Å². The molecule has 1 aromatic heterocycles. The Hall–Kier alpha value is -2.82. The van der Waals surface area contributed by atoms with Crippen molar-refractivity contribution in [3.8, 4) is 5.75 Å². The first kappa shape index (κ1) is 22.9. The average molecular weight is 422 g/mol. The summed E-state index contributed by atoms with van der Waals surface area (Å²) in [4.78, 5) is 17.5. The third-order valence-corrected chi connectivity index (χ3v) is 5.82. The molecule has 3 rings (SSSR count). The minimum Gasteiger partial charge on any atom is -0.494 e. The molecule has 5 nitrogen and oxygen atoms in total. The van der Waals surface area contributed by atoms with Crippen molar-refractivity contribution < 1.29 is 9.53 Å². The van der Waals surface area contributed by atoms with Crippen LogP contribution in [0.25, 0.3) is 11.0 Å². The Morgan fingerprint density at radius 2 is 1.87 bits per heavy atom. The van der Waals surface area contributed by atoms with Crippen LogP contribution in [0.4, 0.5) is 0 Å². The van der Waals surface area contributed by atoms with E-state index in [-0.39, 0.29) is 17.9 Å². The Kier molecular flexibility index (Phi) is 8.10. The van der Waals surface area contributed by atoms with Crippen LogP contribution in [-0.2, 0) is 11.3 Å². The molecule has 1 amide bonds. The molecule has 1 N–H and O–H groups in total. The fourth-order valence-electron chi connectivity index (χ4n) is 3.98. The van der Waals surface area contributed by atoms with Gasteiger partial charge in [-0.3, -0.25) is 4.79 Å². The van der Waals surface area contributed by atoms with Crippen molar-refractivity contribution in [1.29, 1.82) is 0 Å². The zero-order valence-electron chi connectivity index (χ0n) is 19.2. The molecular formula is C26H35N3O2. The molecule has 0 bridgehead atoms. The highest BCUT2D eigenvalue weighted by Gasteiger charge is 2.21. The third kappa shape index (κ3) is 5.87. The topological polar surface area (TPSA) is 56.2 Å². The van der Waals surface area contributed by atoms with Gasteiger partial charge >= 0.3 is 0 Å². The Morgan fingerprint density at radius 1 is 1.10 bits per heavy atom. The van der Waals surface area contributed by atoms with Gasteiger partial charge in [0.1, 0.15) is 11.6 Å². The number of ether oxygens (including phenoxy) is 1. The summed E-state index contributed by atoms with van der Waals surface area (Å²) in [6.45, 7) is 9.75. The van der Waals surface area contributed by atoms with Gasteiger partial charge in [0.2, 0.25) is 5.91 Å². The van der Waals surface area contributed by atoms with Gasteiger partial charge in [-0.25, -0.2) is 4.98 Å². The minimum absolute atomic E-state index is 0.0547. The van der Waals surface area contributed by atoms with Gasteiger partial charge in [-0.1, -0.05) is 38.1 Å². The fourth-order valence-corrected chi connectivity index (χ4v) is 3.98. The SMILES string of the molecule is CCC(CC)C(=O)NC(C)c1nc2ccccc2n1CCCCOc1cccc(C)c1. The Morgan fingerprint density at radius 3 is 2.61 bits per heavy atom. The quantitative estimate of drug-likeness (QED) is 0.397. The van der Waals surface area contributed by atoms with E-state index in [9.17, 15) is 4.79 Å². The number of aromatic nitrogens is 2. The number of carbonyl (C=O) groups excluding carboxylic acids is 1. The molecule has 1 unspecified atom stereocenters. The summed E-state index contributed by atoms with van der Waals surface area (Å²) in [5.41, 5.74) is 3.29. The highest BCUT2D eigenvalue weighted by Crippen LogP contribution is 2.22. The van der Waals surface area contributed by atoms with Crippen molar-refractivity contribution in [3.05, 3.63) is 59.9 Å². The lowest BCUT2D eigenvalue weighted by molar-refractivity contribution is -0.125. The molecule has 166 valence electrons. The van der Waals surface area contributed by atoms with Crippen LogP contribution in [0.2, 0.25) is 0 Å². The Labute approximate surface area is 185 Å². The summed E-state index contributed by atoms with van der Waals surface area (Å²) >= 11 is 0. The number of amides is 1. The molecule has 1 atom stereocenters. The number of nitrogens with one attached hydrogen (secondary N) is 1. The van der Waals surface area contributed by atoms with E-state index in [4.69, 9.17) is 9.72 Å². The van der Waals surface area contributed by atoms with E-state index in [0.29, 0.717) is 6.61 Å². The number of hydrogen-bond acceptors (Lipinski definition) is 3. The van der Waals surface area contributed by atoms with Crippen LogP contribution >= 0.6 is 0 Å². The van der Waals surface area contributed by atoms with Gasteiger partial charge < -0.3 is 14.6 Å². The summed E-state index contributed by atoms with van der Waals surface area (Å²) in [6, 6.07) is 16.2. The molecule has 1 heterocycles. The first-order valence-corrected chi connectivity index (χ1v) is 11.5. The summed E-state index contributed by atoms with van der Waals surface area (Å²) in [7, 11) is 0. The van der Waals surface area contributed by atoms with E-state index in [1.54, 1.807) is 0 Å². The lowest BCUT2D eigenvalue weighted by Gasteiger charge is -2.19. The summed E-state index contributed by atoms with van der Waals surface area (Å²) in [6.07, 6.45) is 3.64. The highest BCUT2D eigenvalue weighted by atomic mass is 16.5. The minimum atomic E-state index is -0.135. The molecule has 0 aliphatic heterocycles. The maximum Gasteiger partial charge on any atom is 0.223 e. The monoisotopic (exact) mass is 421 g/mol. The molecule has 3 aromatic rings. The zero-order chi connectivity index (χ0) is 22.2. The van der Waals surface area contributed by atoms with E-state index >= 15 is 0 Å². The number of hydrogen-bond donors (Lipinski definition) is 1. The van der Waals surface area contributed by atoms with Crippen molar-refractivity contribution in [2.45, 2.75) is 66.0 Å². The van der Waals surface area contributed by atoms with Crippen LogP contribution in [0.5, 0.6) is 5.75 Å². The normalized spacial score (nSPS) is 12.3. The number of benzene rings is 2. The maximum absolute atomic E-state index is 12.6. The average Bonchev–Trinajstić information content (AvgIpc) is 3.13. The van der Waals surface area contributed by atoms with Gasteiger partial charge in [-0.2, -0.15) is 0 Å². The predicted octanol–water partition coefficient (Wildman–Crippen LogP) is 5.82. The number of fused-ring (bicyclic) bond motifs is 1. The third-order valence-electron chi connectivity index (χ3n) is 5.82. The standard InChI is InChI=1S/C26H35N3O2/c1-5-21(6-2)26(30)27-20(4)25-28-23-14-7-8-15-24(23)29(25)16-9-10-17-31-22-13-11-12-19(3)18-22/h7-8,11-15,18,20-21H,5-6,9-10,16-17H2,1-4H3,(H,27,30). The number of carbonyl (C=O) groups is 1. The van der Waals surface area contributed by atoms with E-state index in [1.807, 2.05) is 37.3 Å². The van der Waals surface area contributed by atoms with Crippen LogP contribution in [0.1, 0.15) is 63.9 Å². The second kappa shape index (κ2) is 11.0. The molecule has 0 radical (unpaired) electrons. The van der Waals surface area contributed by atoms with Crippen molar-refractivity contribution in [2.24, 2.45) is 5.92 Å². The largest absolute Gasteiger partial charge is 0.494 e. The molecule has 0 saturated carbocycles. The van der Waals surface area contributed by atoms with Crippen LogP contribution in [0.15, 0.2) is 48.5 Å². The van der Waals surface area contributed by atoms with Crippen LogP contribution < -0.4 is 10.1 Å². The van der Waals surface area contributed by atoms with Crippen molar-refractivity contribution in [2.75, 3.05) is 6.61 Å².